The highest BCUT2D eigenvalue weighted by molar-refractivity contribution is 7.89. The Morgan fingerprint density at radius 3 is 2.68 bits per heavy atom. The molecule has 0 fully saturated rings. The zero-order valence-electron chi connectivity index (χ0n) is 18.9. The number of carboxylic acids is 1. The van der Waals surface area contributed by atoms with Crippen LogP contribution in [0.15, 0.2) is 47.4 Å². The summed E-state index contributed by atoms with van der Waals surface area (Å²) in [6, 6.07) is 9.65. The number of sulfonamides is 1. The minimum absolute atomic E-state index is 0.179. The van der Waals surface area contributed by atoms with Gasteiger partial charge in [-0.3, -0.25) is 0 Å². The van der Waals surface area contributed by atoms with Crippen LogP contribution in [0.4, 0.5) is 5.69 Å². The number of ether oxygens (including phenoxy) is 1. The van der Waals surface area contributed by atoms with E-state index in [-0.39, 0.29) is 11.4 Å². The van der Waals surface area contributed by atoms with E-state index in [0.717, 1.165) is 12.1 Å². The molecule has 0 bridgehead atoms. The SMILES string of the molecule is [2H]C(CC([2H])([2H])C([2H])([2H])[2H])Nc1cc(C(=O)O)cc(S(N)(=O)=O)c1Oc1ccccc1. The van der Waals surface area contributed by atoms with Gasteiger partial charge in [-0.2, -0.15) is 0 Å². The molecule has 25 heavy (non-hydrogen) atoms. The summed E-state index contributed by atoms with van der Waals surface area (Å²) in [5.41, 5.74) is -0.771. The van der Waals surface area contributed by atoms with E-state index >= 15 is 0 Å². The second kappa shape index (κ2) is 8.00. The number of primary sulfonamides is 1. The van der Waals surface area contributed by atoms with Gasteiger partial charge in [0.05, 0.1) is 11.3 Å². The topological polar surface area (TPSA) is 119 Å². The molecule has 0 aliphatic rings. The first-order valence-electron chi connectivity index (χ1n) is 10.1. The summed E-state index contributed by atoms with van der Waals surface area (Å²) in [6.45, 7) is -4.60. The minimum Gasteiger partial charge on any atom is -0.478 e. The average molecular weight is 370 g/mol. The van der Waals surface area contributed by atoms with Crippen LogP contribution in [0.25, 0.3) is 0 Å². The number of nitrogens with one attached hydrogen (secondary N) is 1. The summed E-state index contributed by atoms with van der Waals surface area (Å²) < 4.78 is 74.9. The van der Waals surface area contributed by atoms with Crippen LogP contribution in [0.5, 0.6) is 11.5 Å². The number of hydrogen-bond acceptors (Lipinski definition) is 5. The van der Waals surface area contributed by atoms with E-state index in [9.17, 15) is 18.3 Å². The van der Waals surface area contributed by atoms with Crippen molar-refractivity contribution in [2.24, 2.45) is 5.14 Å². The van der Waals surface area contributed by atoms with E-state index in [1.54, 1.807) is 18.2 Å². The van der Waals surface area contributed by atoms with Gasteiger partial charge in [0.2, 0.25) is 10.0 Å². The fourth-order valence-electron chi connectivity index (χ4n) is 1.97. The maximum atomic E-state index is 12.1. The first-order valence-corrected chi connectivity index (χ1v) is 8.52. The molecule has 0 saturated carbocycles. The van der Waals surface area contributed by atoms with Crippen molar-refractivity contribution < 1.29 is 31.3 Å². The van der Waals surface area contributed by atoms with Crippen LogP contribution in [0.1, 0.15) is 38.2 Å². The molecule has 0 heterocycles. The summed E-state index contributed by atoms with van der Waals surface area (Å²) in [4.78, 5) is 10.8. The van der Waals surface area contributed by atoms with Gasteiger partial charge in [-0.05, 0) is 30.7 Å². The van der Waals surface area contributed by atoms with Gasteiger partial charge >= 0.3 is 5.97 Å². The molecule has 1 atom stereocenters. The van der Waals surface area contributed by atoms with Gasteiger partial charge in [0.25, 0.3) is 0 Å². The summed E-state index contributed by atoms with van der Waals surface area (Å²) in [5, 5.41) is 17.0. The van der Waals surface area contributed by atoms with Crippen LogP contribution in [-0.4, -0.2) is 26.0 Å². The Labute approximate surface area is 154 Å². The van der Waals surface area contributed by atoms with Crippen molar-refractivity contribution in [3.8, 4) is 11.5 Å². The van der Waals surface area contributed by atoms with Crippen LogP contribution in [0.2, 0.25) is 0 Å². The van der Waals surface area contributed by atoms with Crippen LogP contribution >= 0.6 is 0 Å². The van der Waals surface area contributed by atoms with Crippen molar-refractivity contribution in [3.63, 3.8) is 0 Å². The fraction of sp³-hybridized carbons (Fsp3) is 0.235. The van der Waals surface area contributed by atoms with Gasteiger partial charge in [0.1, 0.15) is 10.6 Å². The van der Waals surface area contributed by atoms with E-state index in [1.807, 2.05) is 0 Å². The highest BCUT2D eigenvalue weighted by atomic mass is 32.2. The number of rotatable bonds is 8. The molecular formula is C17H20N2O5S. The standard InChI is InChI=1S/C17H20N2O5S/c1-2-3-9-19-14-10-12(17(20)21)11-15(25(18,22)23)16(14)24-13-7-5-4-6-8-13/h4-8,10-11,19H,2-3,9H2,1H3,(H,20,21)(H2,18,22,23)/i1D3,2D2,9D. The monoisotopic (exact) mass is 370 g/mol. The summed E-state index contributed by atoms with van der Waals surface area (Å²) in [6.07, 6.45) is -3.55. The molecule has 0 spiro atoms. The highest BCUT2D eigenvalue weighted by Gasteiger charge is 2.23. The fourth-order valence-corrected chi connectivity index (χ4v) is 2.67. The van der Waals surface area contributed by atoms with Gasteiger partial charge in [-0.1, -0.05) is 31.4 Å². The Morgan fingerprint density at radius 1 is 1.36 bits per heavy atom. The Balaban J connectivity index is 2.57. The number of benzene rings is 2. The summed E-state index contributed by atoms with van der Waals surface area (Å²) in [7, 11) is -4.48. The quantitative estimate of drug-likeness (QED) is 0.657. The Bertz CT molecular complexity index is 1060. The lowest BCUT2D eigenvalue weighted by Crippen LogP contribution is -2.16. The normalized spacial score (nSPS) is 17.0. The molecule has 1 unspecified atom stereocenters. The molecule has 0 aliphatic carbocycles. The van der Waals surface area contributed by atoms with Gasteiger partial charge in [-0.25, -0.2) is 18.4 Å². The van der Waals surface area contributed by atoms with E-state index in [4.69, 9.17) is 18.1 Å². The predicted octanol–water partition coefficient (Wildman–Crippen LogP) is 3.04. The maximum Gasteiger partial charge on any atom is 0.335 e. The van der Waals surface area contributed by atoms with Crippen LogP contribution in [0.3, 0.4) is 0 Å². The number of para-hydroxylation sites is 1. The maximum absolute atomic E-state index is 12.1. The first kappa shape index (κ1) is 11.9. The Morgan fingerprint density at radius 2 is 2.08 bits per heavy atom. The second-order valence-electron chi connectivity index (χ2n) is 4.85. The van der Waals surface area contributed by atoms with Crippen LogP contribution < -0.4 is 15.2 Å². The molecule has 0 amide bonds. The number of hydrogen-bond donors (Lipinski definition) is 3. The minimum atomic E-state index is -4.48. The molecular weight excluding hydrogens is 344 g/mol. The lowest BCUT2D eigenvalue weighted by Gasteiger charge is -2.17. The zero-order valence-corrected chi connectivity index (χ0v) is 13.7. The largest absolute Gasteiger partial charge is 0.478 e. The number of carboxylic acid groups (broad SMARTS) is 1. The number of carbonyl (C=O) groups is 1. The van der Waals surface area contributed by atoms with Gasteiger partial charge in [-0.15, -0.1) is 0 Å². The third kappa shape index (κ3) is 4.94. The van der Waals surface area contributed by atoms with Crippen molar-refractivity contribution in [3.05, 3.63) is 48.0 Å². The second-order valence-corrected chi connectivity index (χ2v) is 6.38. The van der Waals surface area contributed by atoms with Gasteiger partial charge < -0.3 is 15.2 Å². The summed E-state index contributed by atoms with van der Waals surface area (Å²) >= 11 is 0. The van der Waals surface area contributed by atoms with E-state index in [1.165, 1.54) is 12.1 Å². The van der Waals surface area contributed by atoms with E-state index in [2.05, 4.69) is 5.32 Å². The molecule has 0 aliphatic heterocycles. The average Bonchev–Trinajstić information content (AvgIpc) is 2.61. The molecule has 8 heteroatoms. The lowest BCUT2D eigenvalue weighted by atomic mass is 10.1. The molecule has 0 saturated heterocycles. The van der Waals surface area contributed by atoms with Crippen molar-refractivity contribution in [1.29, 1.82) is 0 Å². The number of nitrogens with two attached hydrogens (primary N) is 1. The third-order valence-electron chi connectivity index (χ3n) is 3.03. The van der Waals surface area contributed by atoms with Crippen molar-refractivity contribution >= 4 is 21.7 Å². The lowest BCUT2D eigenvalue weighted by molar-refractivity contribution is 0.0696. The molecule has 0 aromatic heterocycles. The molecule has 7 nitrogen and oxygen atoms in total. The molecule has 134 valence electrons. The van der Waals surface area contributed by atoms with Gasteiger partial charge in [0, 0.05) is 14.7 Å². The molecule has 4 N–H and O–H groups in total. The molecule has 2 aromatic carbocycles. The van der Waals surface area contributed by atoms with Crippen LogP contribution in [0, 0.1) is 0 Å². The van der Waals surface area contributed by atoms with Crippen LogP contribution in [-0.2, 0) is 10.0 Å². The molecule has 2 rings (SSSR count). The highest BCUT2D eigenvalue weighted by Crippen LogP contribution is 2.37. The summed E-state index contributed by atoms with van der Waals surface area (Å²) in [5.74, 6) is -1.72. The first-order chi connectivity index (χ1) is 14.1. The molecule has 2 aromatic rings. The van der Waals surface area contributed by atoms with Crippen molar-refractivity contribution in [2.45, 2.75) is 24.5 Å². The van der Waals surface area contributed by atoms with E-state index < -0.39 is 58.4 Å². The van der Waals surface area contributed by atoms with Crippen molar-refractivity contribution in [1.82, 2.24) is 0 Å². The smallest absolute Gasteiger partial charge is 0.335 e. The Hall–Kier alpha value is -2.58. The Kier molecular flexibility index (Phi) is 3.80. The predicted molar refractivity (Wildman–Crippen MR) is 94.7 cm³/mol. The van der Waals surface area contributed by atoms with Crippen molar-refractivity contribution in [2.75, 3.05) is 11.8 Å². The number of anilines is 1. The van der Waals surface area contributed by atoms with E-state index in [0.29, 0.717) is 0 Å². The van der Waals surface area contributed by atoms with Gasteiger partial charge in [0.15, 0.2) is 5.75 Å². The third-order valence-corrected chi connectivity index (χ3v) is 3.95. The number of aromatic carboxylic acids is 1. The molecule has 0 radical (unpaired) electrons. The zero-order chi connectivity index (χ0) is 23.6.